The van der Waals surface area contributed by atoms with E-state index in [9.17, 15) is 4.79 Å². The lowest BCUT2D eigenvalue weighted by Crippen LogP contribution is -2.20. The van der Waals surface area contributed by atoms with Crippen LogP contribution in [0, 0.1) is 5.92 Å². The summed E-state index contributed by atoms with van der Waals surface area (Å²) in [6.07, 6.45) is 10.9. The second kappa shape index (κ2) is 6.20. The van der Waals surface area contributed by atoms with E-state index < -0.39 is 0 Å². The van der Waals surface area contributed by atoms with Crippen LogP contribution in [-0.4, -0.2) is 24.8 Å². The minimum absolute atomic E-state index is 0.0532. The molecule has 2 aliphatic rings. The lowest BCUT2D eigenvalue weighted by atomic mass is 9.95. The van der Waals surface area contributed by atoms with Gasteiger partial charge in [-0.25, -0.2) is 4.79 Å². The number of hydrogen-bond donors (Lipinski definition) is 0. The maximum Gasteiger partial charge on any atom is 0.335 e. The Morgan fingerprint density at radius 3 is 3.06 bits per heavy atom. The molecular formula is C14H22O3. The second-order valence-electron chi connectivity index (χ2n) is 4.92. The van der Waals surface area contributed by atoms with Crippen molar-refractivity contribution in [3.8, 4) is 0 Å². The van der Waals surface area contributed by atoms with Gasteiger partial charge in [-0.2, -0.15) is 0 Å². The highest BCUT2D eigenvalue weighted by atomic mass is 16.6. The highest BCUT2D eigenvalue weighted by Gasteiger charge is 2.47. The van der Waals surface area contributed by atoms with Gasteiger partial charge in [0.15, 0.2) is 6.10 Å². The first-order valence-corrected chi connectivity index (χ1v) is 6.80. The van der Waals surface area contributed by atoms with E-state index in [1.807, 2.05) is 0 Å². The monoisotopic (exact) mass is 238 g/mol. The molecule has 3 heteroatoms. The zero-order chi connectivity index (χ0) is 12.1. The molecule has 0 aliphatic carbocycles. The molecule has 2 rings (SSSR count). The Balaban J connectivity index is 1.71. The van der Waals surface area contributed by atoms with Gasteiger partial charge in [-0.1, -0.05) is 31.9 Å². The first kappa shape index (κ1) is 12.6. The average Bonchev–Trinajstić information content (AvgIpc) is 2.89. The fourth-order valence-electron chi connectivity index (χ4n) is 2.62. The lowest BCUT2D eigenvalue weighted by molar-refractivity contribution is -0.149. The Morgan fingerprint density at radius 2 is 2.24 bits per heavy atom. The van der Waals surface area contributed by atoms with E-state index in [1.165, 1.54) is 19.3 Å². The largest absolute Gasteiger partial charge is 0.460 e. The molecule has 0 aromatic rings. The van der Waals surface area contributed by atoms with E-state index in [0.29, 0.717) is 12.5 Å². The van der Waals surface area contributed by atoms with Crippen molar-refractivity contribution in [1.82, 2.24) is 0 Å². The number of hydrogen-bond acceptors (Lipinski definition) is 3. The Bertz CT molecular complexity index is 285. The molecule has 96 valence electrons. The number of cyclic esters (lactones) is 1. The van der Waals surface area contributed by atoms with Crippen molar-refractivity contribution in [1.29, 1.82) is 0 Å². The summed E-state index contributed by atoms with van der Waals surface area (Å²) in [4.78, 5) is 11.5. The summed E-state index contributed by atoms with van der Waals surface area (Å²) in [6.45, 7) is 2.92. The Hall–Kier alpha value is -0.830. The standard InChI is InChI=1S/C14H22O3/c1-2-3-4-5-6-7-8-12-11-9-10-16-13(11)14(15)17-12/h6-7,11-13H,2-5,8-10H2,1H3/b7-6-/t11-,12-,13-/m1/s1. The predicted molar refractivity (Wildman–Crippen MR) is 65.6 cm³/mol. The molecule has 3 atom stereocenters. The third kappa shape index (κ3) is 3.09. The number of rotatable bonds is 6. The van der Waals surface area contributed by atoms with Crippen molar-refractivity contribution in [3.05, 3.63) is 12.2 Å². The van der Waals surface area contributed by atoms with E-state index >= 15 is 0 Å². The summed E-state index contributed by atoms with van der Waals surface area (Å²) in [6, 6.07) is 0. The van der Waals surface area contributed by atoms with Crippen LogP contribution in [0.4, 0.5) is 0 Å². The lowest BCUT2D eigenvalue weighted by Gasteiger charge is -2.11. The van der Waals surface area contributed by atoms with Gasteiger partial charge in [0.2, 0.25) is 0 Å². The fraction of sp³-hybridized carbons (Fsp3) is 0.786. The maximum atomic E-state index is 11.5. The van der Waals surface area contributed by atoms with Crippen LogP contribution in [-0.2, 0) is 14.3 Å². The molecule has 2 heterocycles. The summed E-state index contributed by atoms with van der Waals surface area (Å²) in [7, 11) is 0. The van der Waals surface area contributed by atoms with Gasteiger partial charge in [0.05, 0.1) is 0 Å². The predicted octanol–water partition coefficient (Wildman–Crippen LogP) is 2.84. The molecule has 0 aromatic heterocycles. The second-order valence-corrected chi connectivity index (χ2v) is 4.92. The summed E-state index contributed by atoms with van der Waals surface area (Å²) < 4.78 is 10.7. The van der Waals surface area contributed by atoms with E-state index in [4.69, 9.17) is 9.47 Å². The summed E-state index contributed by atoms with van der Waals surface area (Å²) in [5.74, 6) is 0.139. The zero-order valence-corrected chi connectivity index (χ0v) is 10.6. The molecule has 0 aromatic carbocycles. The van der Waals surface area contributed by atoms with Crippen molar-refractivity contribution in [3.63, 3.8) is 0 Å². The quantitative estimate of drug-likeness (QED) is 0.405. The summed E-state index contributed by atoms with van der Waals surface area (Å²) in [5, 5.41) is 0. The SMILES string of the molecule is CCCCC/C=C\C[C@H]1OC(=O)[C@@H]2OCC[C@H]12. The highest BCUT2D eigenvalue weighted by Crippen LogP contribution is 2.34. The number of fused-ring (bicyclic) bond motifs is 1. The van der Waals surface area contributed by atoms with E-state index in [2.05, 4.69) is 19.1 Å². The molecule has 2 fully saturated rings. The molecule has 0 saturated carbocycles. The van der Waals surface area contributed by atoms with Gasteiger partial charge in [0.25, 0.3) is 0 Å². The first-order valence-electron chi connectivity index (χ1n) is 6.80. The van der Waals surface area contributed by atoms with Gasteiger partial charge in [-0.05, 0) is 19.3 Å². The van der Waals surface area contributed by atoms with Gasteiger partial charge >= 0.3 is 5.97 Å². The van der Waals surface area contributed by atoms with E-state index in [-0.39, 0.29) is 18.2 Å². The van der Waals surface area contributed by atoms with Crippen molar-refractivity contribution in [2.45, 2.75) is 57.7 Å². The number of ether oxygens (including phenoxy) is 2. The van der Waals surface area contributed by atoms with Crippen molar-refractivity contribution >= 4 is 5.97 Å². The minimum Gasteiger partial charge on any atom is -0.460 e. The number of carbonyl (C=O) groups is 1. The molecule has 3 nitrogen and oxygen atoms in total. The van der Waals surface area contributed by atoms with Crippen molar-refractivity contribution < 1.29 is 14.3 Å². The highest BCUT2D eigenvalue weighted by molar-refractivity contribution is 5.78. The Kier molecular flexibility index (Phi) is 4.60. The number of carbonyl (C=O) groups excluding carboxylic acids is 1. The maximum absolute atomic E-state index is 11.5. The number of allylic oxidation sites excluding steroid dienone is 1. The minimum atomic E-state index is -0.270. The number of esters is 1. The molecule has 0 N–H and O–H groups in total. The Morgan fingerprint density at radius 1 is 1.35 bits per heavy atom. The topological polar surface area (TPSA) is 35.5 Å². The van der Waals surface area contributed by atoms with Crippen molar-refractivity contribution in [2.24, 2.45) is 5.92 Å². The van der Waals surface area contributed by atoms with E-state index in [1.54, 1.807) is 0 Å². The fourth-order valence-corrected chi connectivity index (χ4v) is 2.62. The van der Waals surface area contributed by atoms with Crippen LogP contribution in [0.25, 0.3) is 0 Å². The normalized spacial score (nSPS) is 32.1. The molecule has 0 amide bonds. The molecular weight excluding hydrogens is 216 g/mol. The summed E-state index contributed by atoms with van der Waals surface area (Å²) in [5.41, 5.74) is 0. The molecule has 0 bridgehead atoms. The third-order valence-corrected chi connectivity index (χ3v) is 3.62. The van der Waals surface area contributed by atoms with Crippen LogP contribution in [0.3, 0.4) is 0 Å². The molecule has 0 spiro atoms. The molecule has 2 aliphatic heterocycles. The smallest absolute Gasteiger partial charge is 0.335 e. The summed E-state index contributed by atoms with van der Waals surface area (Å²) >= 11 is 0. The van der Waals surface area contributed by atoms with Crippen LogP contribution in [0.2, 0.25) is 0 Å². The van der Waals surface area contributed by atoms with Gasteiger partial charge in [0.1, 0.15) is 6.10 Å². The van der Waals surface area contributed by atoms with Crippen LogP contribution in [0.1, 0.15) is 45.4 Å². The first-order chi connectivity index (χ1) is 8.33. The van der Waals surface area contributed by atoms with Gasteiger partial charge in [-0.15, -0.1) is 0 Å². The van der Waals surface area contributed by atoms with Crippen LogP contribution in [0.5, 0.6) is 0 Å². The molecule has 17 heavy (non-hydrogen) atoms. The van der Waals surface area contributed by atoms with Crippen molar-refractivity contribution in [2.75, 3.05) is 6.61 Å². The average molecular weight is 238 g/mol. The van der Waals surface area contributed by atoms with Gasteiger partial charge in [-0.3, -0.25) is 0 Å². The Labute approximate surface area is 103 Å². The van der Waals surface area contributed by atoms with Crippen LogP contribution >= 0.6 is 0 Å². The van der Waals surface area contributed by atoms with Crippen LogP contribution in [0.15, 0.2) is 12.2 Å². The van der Waals surface area contributed by atoms with Gasteiger partial charge in [0, 0.05) is 18.9 Å². The van der Waals surface area contributed by atoms with Gasteiger partial charge < -0.3 is 9.47 Å². The third-order valence-electron chi connectivity index (χ3n) is 3.62. The zero-order valence-electron chi connectivity index (χ0n) is 10.6. The van der Waals surface area contributed by atoms with Crippen LogP contribution < -0.4 is 0 Å². The molecule has 0 unspecified atom stereocenters. The van der Waals surface area contributed by atoms with E-state index in [0.717, 1.165) is 19.3 Å². The molecule has 2 saturated heterocycles. The molecule has 0 radical (unpaired) electrons. The number of unbranched alkanes of at least 4 members (excludes halogenated alkanes) is 3.